The molecule has 0 radical (unpaired) electrons. The van der Waals surface area contributed by atoms with Crippen molar-refractivity contribution in [2.45, 2.75) is 26.3 Å². The number of amidine groups is 1. The van der Waals surface area contributed by atoms with E-state index in [1.54, 1.807) is 0 Å². The SMILES string of the molecule is CCCCS(=O)(=O)NCc1ccc(C(N)=NO)cc1F. The average molecular weight is 303 g/mol. The summed E-state index contributed by atoms with van der Waals surface area (Å²) in [5.41, 5.74) is 5.75. The number of oxime groups is 1. The second-order valence-corrected chi connectivity index (χ2v) is 6.21. The molecule has 0 unspecified atom stereocenters. The van der Waals surface area contributed by atoms with Gasteiger partial charge in [0.05, 0.1) is 5.75 Å². The number of nitrogens with zero attached hydrogens (tertiary/aromatic N) is 1. The fourth-order valence-electron chi connectivity index (χ4n) is 1.50. The summed E-state index contributed by atoms with van der Waals surface area (Å²) in [6.07, 6.45) is 1.32. The Morgan fingerprint density at radius 1 is 1.50 bits per heavy atom. The fourth-order valence-corrected chi connectivity index (χ4v) is 2.69. The second-order valence-electron chi connectivity index (χ2n) is 4.28. The molecule has 0 aliphatic carbocycles. The van der Waals surface area contributed by atoms with Crippen LogP contribution in [0, 0.1) is 5.82 Å². The Balaban J connectivity index is 2.75. The number of nitrogens with two attached hydrogens (primary N) is 1. The largest absolute Gasteiger partial charge is 0.409 e. The van der Waals surface area contributed by atoms with Crippen molar-refractivity contribution in [2.75, 3.05) is 5.75 Å². The molecule has 0 saturated heterocycles. The maximum absolute atomic E-state index is 13.7. The Labute approximate surface area is 117 Å². The highest BCUT2D eigenvalue weighted by Gasteiger charge is 2.12. The van der Waals surface area contributed by atoms with Crippen LogP contribution in [0.2, 0.25) is 0 Å². The zero-order valence-electron chi connectivity index (χ0n) is 11.1. The minimum Gasteiger partial charge on any atom is -0.409 e. The van der Waals surface area contributed by atoms with Crippen LogP contribution in [0.15, 0.2) is 23.4 Å². The van der Waals surface area contributed by atoms with Crippen molar-refractivity contribution < 1.29 is 18.0 Å². The number of benzene rings is 1. The molecule has 0 aromatic heterocycles. The molecular formula is C12H18FN3O3S. The van der Waals surface area contributed by atoms with E-state index in [2.05, 4.69) is 9.88 Å². The summed E-state index contributed by atoms with van der Waals surface area (Å²) < 4.78 is 39.3. The van der Waals surface area contributed by atoms with Crippen LogP contribution in [-0.4, -0.2) is 25.2 Å². The number of halogens is 1. The van der Waals surface area contributed by atoms with Crippen LogP contribution >= 0.6 is 0 Å². The molecule has 0 atom stereocenters. The van der Waals surface area contributed by atoms with E-state index in [0.717, 1.165) is 12.5 Å². The zero-order valence-corrected chi connectivity index (χ0v) is 12.0. The third-order valence-corrected chi connectivity index (χ3v) is 4.12. The first-order valence-corrected chi connectivity index (χ1v) is 7.78. The van der Waals surface area contributed by atoms with Crippen molar-refractivity contribution in [1.82, 2.24) is 4.72 Å². The molecule has 1 aromatic carbocycles. The molecular weight excluding hydrogens is 285 g/mol. The standard InChI is InChI=1S/C12H18FN3O3S/c1-2-3-6-20(18,19)15-8-10-5-4-9(7-11(10)13)12(14)16-17/h4-5,7,15,17H,2-3,6,8H2,1H3,(H2,14,16). The van der Waals surface area contributed by atoms with Crippen LogP contribution in [0.5, 0.6) is 0 Å². The van der Waals surface area contributed by atoms with Gasteiger partial charge in [0.25, 0.3) is 0 Å². The summed E-state index contributed by atoms with van der Waals surface area (Å²) in [4.78, 5) is 0. The summed E-state index contributed by atoms with van der Waals surface area (Å²) >= 11 is 0. The average Bonchev–Trinajstić information content (AvgIpc) is 2.43. The number of sulfonamides is 1. The summed E-state index contributed by atoms with van der Waals surface area (Å²) in [5.74, 6) is -0.806. The van der Waals surface area contributed by atoms with Gasteiger partial charge >= 0.3 is 0 Å². The quantitative estimate of drug-likeness (QED) is 0.304. The molecule has 0 bridgehead atoms. The molecule has 6 nitrogen and oxygen atoms in total. The molecule has 0 aliphatic rings. The first-order valence-electron chi connectivity index (χ1n) is 6.13. The zero-order chi connectivity index (χ0) is 15.2. The number of hydrogen-bond donors (Lipinski definition) is 3. The molecule has 112 valence electrons. The van der Waals surface area contributed by atoms with Gasteiger partial charge in [-0.05, 0) is 12.5 Å². The summed E-state index contributed by atoms with van der Waals surface area (Å²) in [6, 6.07) is 3.93. The van der Waals surface area contributed by atoms with Gasteiger partial charge in [-0.1, -0.05) is 30.6 Å². The maximum atomic E-state index is 13.7. The predicted molar refractivity (Wildman–Crippen MR) is 74.4 cm³/mol. The minimum absolute atomic E-state index is 0.0212. The van der Waals surface area contributed by atoms with Crippen molar-refractivity contribution in [2.24, 2.45) is 10.9 Å². The molecule has 0 fully saturated rings. The topological polar surface area (TPSA) is 105 Å². The van der Waals surface area contributed by atoms with Gasteiger partial charge in [0.1, 0.15) is 5.82 Å². The van der Waals surface area contributed by atoms with E-state index in [1.165, 1.54) is 12.1 Å². The molecule has 0 heterocycles. The van der Waals surface area contributed by atoms with E-state index < -0.39 is 15.8 Å². The van der Waals surface area contributed by atoms with Crippen molar-refractivity contribution >= 4 is 15.9 Å². The normalized spacial score (nSPS) is 12.6. The Morgan fingerprint density at radius 3 is 2.75 bits per heavy atom. The molecule has 0 aliphatic heterocycles. The van der Waals surface area contributed by atoms with Crippen LogP contribution < -0.4 is 10.5 Å². The van der Waals surface area contributed by atoms with Crippen LogP contribution in [-0.2, 0) is 16.6 Å². The molecule has 1 rings (SSSR count). The lowest BCUT2D eigenvalue weighted by atomic mass is 10.1. The highest BCUT2D eigenvalue weighted by atomic mass is 32.2. The lowest BCUT2D eigenvalue weighted by Gasteiger charge is -2.08. The monoisotopic (exact) mass is 303 g/mol. The Hall–Kier alpha value is -1.67. The molecule has 8 heteroatoms. The molecule has 0 spiro atoms. The van der Waals surface area contributed by atoms with E-state index in [9.17, 15) is 12.8 Å². The van der Waals surface area contributed by atoms with Crippen LogP contribution in [0.4, 0.5) is 4.39 Å². The lowest BCUT2D eigenvalue weighted by molar-refractivity contribution is 0.318. The van der Waals surface area contributed by atoms with Gasteiger partial charge in [0.2, 0.25) is 10.0 Å². The van der Waals surface area contributed by atoms with Gasteiger partial charge in [-0.25, -0.2) is 17.5 Å². The lowest BCUT2D eigenvalue weighted by Crippen LogP contribution is -2.26. The highest BCUT2D eigenvalue weighted by molar-refractivity contribution is 7.89. The van der Waals surface area contributed by atoms with Crippen molar-refractivity contribution in [3.05, 3.63) is 35.1 Å². The summed E-state index contributed by atoms with van der Waals surface area (Å²) in [7, 11) is -3.39. The van der Waals surface area contributed by atoms with E-state index in [-0.39, 0.29) is 29.3 Å². The van der Waals surface area contributed by atoms with Gasteiger partial charge in [-0.15, -0.1) is 0 Å². The maximum Gasteiger partial charge on any atom is 0.211 e. The van der Waals surface area contributed by atoms with Crippen molar-refractivity contribution in [1.29, 1.82) is 0 Å². The molecule has 0 saturated carbocycles. The Kier molecular flexibility index (Phi) is 5.90. The van der Waals surface area contributed by atoms with E-state index >= 15 is 0 Å². The fraction of sp³-hybridized carbons (Fsp3) is 0.417. The van der Waals surface area contributed by atoms with Gasteiger partial charge in [-0.3, -0.25) is 0 Å². The van der Waals surface area contributed by atoms with Gasteiger partial charge in [0, 0.05) is 17.7 Å². The summed E-state index contributed by atoms with van der Waals surface area (Å²) in [6.45, 7) is 1.76. The van der Waals surface area contributed by atoms with Gasteiger partial charge in [-0.2, -0.15) is 0 Å². The van der Waals surface area contributed by atoms with Crippen LogP contribution in [0.25, 0.3) is 0 Å². The highest BCUT2D eigenvalue weighted by Crippen LogP contribution is 2.11. The Morgan fingerprint density at radius 2 is 2.20 bits per heavy atom. The van der Waals surface area contributed by atoms with Gasteiger partial charge < -0.3 is 10.9 Å². The third-order valence-electron chi connectivity index (χ3n) is 2.71. The van der Waals surface area contributed by atoms with E-state index in [0.29, 0.717) is 6.42 Å². The first-order chi connectivity index (χ1) is 9.39. The molecule has 4 N–H and O–H groups in total. The first kappa shape index (κ1) is 16.4. The summed E-state index contributed by atoms with van der Waals surface area (Å²) in [5, 5.41) is 11.3. The predicted octanol–water partition coefficient (Wildman–Crippen LogP) is 1.14. The Bertz CT molecular complexity index is 588. The number of rotatable bonds is 7. The van der Waals surface area contributed by atoms with Crippen LogP contribution in [0.3, 0.4) is 0 Å². The smallest absolute Gasteiger partial charge is 0.211 e. The number of unbranched alkanes of at least 4 members (excludes halogenated alkanes) is 1. The van der Waals surface area contributed by atoms with Crippen LogP contribution in [0.1, 0.15) is 30.9 Å². The third kappa shape index (κ3) is 4.78. The second kappa shape index (κ2) is 7.20. The van der Waals surface area contributed by atoms with E-state index in [1.807, 2.05) is 6.92 Å². The number of hydrogen-bond acceptors (Lipinski definition) is 4. The molecule has 1 aromatic rings. The minimum atomic E-state index is -3.39. The van der Waals surface area contributed by atoms with E-state index in [4.69, 9.17) is 10.9 Å². The number of nitrogens with one attached hydrogen (secondary N) is 1. The molecule has 0 amide bonds. The molecule has 20 heavy (non-hydrogen) atoms. The van der Waals surface area contributed by atoms with Crippen molar-refractivity contribution in [3.8, 4) is 0 Å². The van der Waals surface area contributed by atoms with Gasteiger partial charge in [0.15, 0.2) is 5.84 Å². The van der Waals surface area contributed by atoms with Crippen molar-refractivity contribution in [3.63, 3.8) is 0 Å².